The molecule has 0 radical (unpaired) electrons. The van der Waals surface area contributed by atoms with Gasteiger partial charge in [0.05, 0.1) is 5.56 Å². The maximum Gasteiger partial charge on any atom is 0.254 e. The van der Waals surface area contributed by atoms with E-state index in [0.29, 0.717) is 5.56 Å². The van der Waals surface area contributed by atoms with Crippen molar-refractivity contribution in [2.75, 3.05) is 19.6 Å². The van der Waals surface area contributed by atoms with E-state index in [1.54, 1.807) is 24.0 Å². The van der Waals surface area contributed by atoms with Crippen LogP contribution >= 0.6 is 0 Å². The van der Waals surface area contributed by atoms with E-state index in [0.717, 1.165) is 25.9 Å². The second-order valence-corrected chi connectivity index (χ2v) is 5.03. The monoisotopic (exact) mass is 278 g/mol. The van der Waals surface area contributed by atoms with Gasteiger partial charge in [-0.15, -0.1) is 0 Å². The lowest BCUT2D eigenvalue weighted by molar-refractivity contribution is -0.129. The Morgan fingerprint density at radius 2 is 2.00 bits per heavy atom. The summed E-state index contributed by atoms with van der Waals surface area (Å²) in [5.74, 6) is -0.927. The second kappa shape index (κ2) is 6.50. The molecule has 2 rings (SSSR count). The molecule has 1 aromatic rings. The van der Waals surface area contributed by atoms with Gasteiger partial charge in [-0.3, -0.25) is 9.59 Å². The van der Waals surface area contributed by atoms with Crippen LogP contribution in [0.5, 0.6) is 0 Å². The summed E-state index contributed by atoms with van der Waals surface area (Å²) in [6.07, 6.45) is 2.36. The molecule has 1 fully saturated rings. The van der Waals surface area contributed by atoms with Gasteiger partial charge >= 0.3 is 0 Å². The third-order valence-electron chi connectivity index (χ3n) is 3.52. The largest absolute Gasteiger partial charge is 0.351 e. The smallest absolute Gasteiger partial charge is 0.254 e. The van der Waals surface area contributed by atoms with Crippen LogP contribution in [0.3, 0.4) is 0 Å². The van der Waals surface area contributed by atoms with Crippen molar-refractivity contribution in [2.45, 2.75) is 26.2 Å². The Kier molecular flexibility index (Phi) is 4.71. The van der Waals surface area contributed by atoms with Crippen molar-refractivity contribution in [1.82, 2.24) is 10.2 Å². The highest BCUT2D eigenvalue weighted by Crippen LogP contribution is 2.12. The van der Waals surface area contributed by atoms with Gasteiger partial charge in [0.15, 0.2) is 0 Å². The number of amides is 2. The quantitative estimate of drug-likeness (QED) is 0.914. The van der Waals surface area contributed by atoms with Crippen molar-refractivity contribution in [3.63, 3.8) is 0 Å². The molecule has 20 heavy (non-hydrogen) atoms. The summed E-state index contributed by atoms with van der Waals surface area (Å²) in [7, 11) is 0. The number of hydrogen-bond acceptors (Lipinski definition) is 2. The number of aryl methyl sites for hydroxylation is 1. The third-order valence-corrected chi connectivity index (χ3v) is 3.52. The van der Waals surface area contributed by atoms with Crippen LogP contribution < -0.4 is 5.32 Å². The molecule has 0 bridgehead atoms. The molecule has 1 saturated heterocycles. The normalized spacial score (nSPS) is 14.4. The first-order valence-electron chi connectivity index (χ1n) is 6.90. The van der Waals surface area contributed by atoms with Crippen LogP contribution in [0, 0.1) is 12.7 Å². The average Bonchev–Trinajstić information content (AvgIpc) is 2.95. The molecular weight excluding hydrogens is 259 g/mol. The van der Waals surface area contributed by atoms with E-state index in [2.05, 4.69) is 5.32 Å². The Morgan fingerprint density at radius 3 is 2.70 bits per heavy atom. The molecule has 0 atom stereocenters. The molecule has 0 aliphatic carbocycles. The Hall–Kier alpha value is -1.91. The maximum atomic E-state index is 13.7. The van der Waals surface area contributed by atoms with Crippen molar-refractivity contribution in [3.8, 4) is 0 Å². The first-order chi connectivity index (χ1) is 9.59. The number of halogens is 1. The Morgan fingerprint density at radius 1 is 1.30 bits per heavy atom. The number of hydrogen-bond donors (Lipinski definition) is 1. The maximum absolute atomic E-state index is 13.7. The van der Waals surface area contributed by atoms with Gasteiger partial charge in [0.1, 0.15) is 5.82 Å². The Bertz CT molecular complexity index is 511. The summed E-state index contributed by atoms with van der Waals surface area (Å²) >= 11 is 0. The number of likely N-dealkylation sites (tertiary alicyclic amines) is 1. The molecule has 1 heterocycles. The lowest BCUT2D eigenvalue weighted by Crippen LogP contribution is -2.33. The lowest BCUT2D eigenvalue weighted by atomic mass is 10.1. The number of benzene rings is 1. The number of carbonyl (C=O) groups excluding carboxylic acids is 2. The fraction of sp³-hybridized carbons (Fsp3) is 0.467. The predicted octanol–water partition coefficient (Wildman–Crippen LogP) is 1.88. The number of carbonyl (C=O) groups is 2. The van der Waals surface area contributed by atoms with Crippen molar-refractivity contribution in [1.29, 1.82) is 0 Å². The van der Waals surface area contributed by atoms with Crippen molar-refractivity contribution in [2.24, 2.45) is 0 Å². The summed E-state index contributed by atoms with van der Waals surface area (Å²) in [6, 6.07) is 4.70. The van der Waals surface area contributed by atoms with E-state index in [1.807, 2.05) is 0 Å². The molecule has 2 amide bonds. The number of nitrogens with one attached hydrogen (secondary N) is 1. The van der Waals surface area contributed by atoms with E-state index in [-0.39, 0.29) is 24.4 Å². The van der Waals surface area contributed by atoms with Gasteiger partial charge in [-0.1, -0.05) is 12.1 Å². The van der Waals surface area contributed by atoms with Crippen LogP contribution in [0.25, 0.3) is 0 Å². The highest BCUT2D eigenvalue weighted by Gasteiger charge is 2.18. The fourth-order valence-electron chi connectivity index (χ4n) is 2.33. The molecule has 1 aliphatic rings. The van der Waals surface area contributed by atoms with Gasteiger partial charge in [0.2, 0.25) is 5.91 Å². The summed E-state index contributed by atoms with van der Waals surface area (Å²) in [4.78, 5) is 25.4. The van der Waals surface area contributed by atoms with Crippen molar-refractivity contribution >= 4 is 11.8 Å². The molecule has 4 nitrogen and oxygen atoms in total. The van der Waals surface area contributed by atoms with Gasteiger partial charge < -0.3 is 10.2 Å². The molecule has 0 saturated carbocycles. The van der Waals surface area contributed by atoms with Crippen LogP contribution in [0.15, 0.2) is 18.2 Å². The molecule has 1 N–H and O–H groups in total. The molecule has 0 unspecified atom stereocenters. The van der Waals surface area contributed by atoms with Crippen molar-refractivity contribution in [3.05, 3.63) is 35.1 Å². The lowest BCUT2D eigenvalue weighted by Gasteiger charge is -2.15. The number of nitrogens with zero attached hydrogens (tertiary/aromatic N) is 1. The SMILES string of the molecule is Cc1cccc(C(=O)NCCC(=O)N2CCCC2)c1F. The molecule has 0 aromatic heterocycles. The summed E-state index contributed by atoms with van der Waals surface area (Å²) in [5.41, 5.74) is 0.462. The average molecular weight is 278 g/mol. The first kappa shape index (κ1) is 14.5. The van der Waals surface area contributed by atoms with Gasteiger partial charge in [-0.05, 0) is 31.4 Å². The topological polar surface area (TPSA) is 49.4 Å². The molecule has 0 spiro atoms. The van der Waals surface area contributed by atoms with E-state index in [4.69, 9.17) is 0 Å². The van der Waals surface area contributed by atoms with Crippen LogP contribution in [0.4, 0.5) is 4.39 Å². The molecular formula is C15H19FN2O2. The van der Waals surface area contributed by atoms with Crippen molar-refractivity contribution < 1.29 is 14.0 Å². The molecule has 108 valence electrons. The molecule has 1 aliphatic heterocycles. The summed E-state index contributed by atoms with van der Waals surface area (Å²) in [5, 5.41) is 2.59. The summed E-state index contributed by atoms with van der Waals surface area (Å²) < 4.78 is 13.7. The van der Waals surface area contributed by atoms with Crippen LogP contribution in [-0.2, 0) is 4.79 Å². The standard InChI is InChI=1S/C15H19FN2O2/c1-11-5-4-6-12(14(11)16)15(20)17-8-7-13(19)18-9-2-3-10-18/h4-6H,2-3,7-10H2,1H3,(H,17,20). The highest BCUT2D eigenvalue weighted by atomic mass is 19.1. The molecule has 5 heteroatoms. The summed E-state index contributed by atoms with van der Waals surface area (Å²) in [6.45, 7) is 3.46. The Balaban J connectivity index is 1.83. The minimum absolute atomic E-state index is 0.0265. The van der Waals surface area contributed by atoms with E-state index < -0.39 is 11.7 Å². The second-order valence-electron chi connectivity index (χ2n) is 5.03. The minimum atomic E-state index is -0.504. The van der Waals surface area contributed by atoms with E-state index in [9.17, 15) is 14.0 Å². The van der Waals surface area contributed by atoms with E-state index in [1.165, 1.54) is 6.07 Å². The van der Waals surface area contributed by atoms with Crippen LogP contribution in [-0.4, -0.2) is 36.3 Å². The van der Waals surface area contributed by atoms with Gasteiger partial charge in [0, 0.05) is 26.1 Å². The Labute approximate surface area is 118 Å². The minimum Gasteiger partial charge on any atom is -0.351 e. The van der Waals surface area contributed by atoms with Gasteiger partial charge in [-0.2, -0.15) is 0 Å². The third kappa shape index (κ3) is 3.35. The van der Waals surface area contributed by atoms with Gasteiger partial charge in [0.25, 0.3) is 5.91 Å². The predicted molar refractivity (Wildman–Crippen MR) is 73.9 cm³/mol. The van der Waals surface area contributed by atoms with Crippen LogP contribution in [0.2, 0.25) is 0 Å². The zero-order valence-corrected chi connectivity index (χ0v) is 11.6. The number of rotatable bonds is 4. The highest BCUT2D eigenvalue weighted by molar-refractivity contribution is 5.94. The zero-order valence-electron chi connectivity index (χ0n) is 11.6. The molecule has 1 aromatic carbocycles. The first-order valence-corrected chi connectivity index (χ1v) is 6.90. The fourth-order valence-corrected chi connectivity index (χ4v) is 2.33. The zero-order chi connectivity index (χ0) is 14.5. The van der Waals surface area contributed by atoms with E-state index >= 15 is 0 Å². The van der Waals surface area contributed by atoms with Gasteiger partial charge in [-0.25, -0.2) is 4.39 Å². The van der Waals surface area contributed by atoms with Crippen LogP contribution in [0.1, 0.15) is 35.2 Å².